The molecule has 0 aliphatic rings. The summed E-state index contributed by atoms with van der Waals surface area (Å²) in [6.45, 7) is 2.47. The lowest BCUT2D eigenvalue weighted by molar-refractivity contribution is -0.120. The van der Waals surface area contributed by atoms with Crippen LogP contribution in [0.5, 0.6) is 5.75 Å². The quantitative estimate of drug-likeness (QED) is 0.735. The van der Waals surface area contributed by atoms with Crippen LogP contribution in [0, 0.1) is 6.92 Å². The van der Waals surface area contributed by atoms with Crippen LogP contribution in [-0.4, -0.2) is 24.7 Å². The van der Waals surface area contributed by atoms with Gasteiger partial charge in [-0.3, -0.25) is 4.79 Å². The fourth-order valence-electron chi connectivity index (χ4n) is 1.55. The molecule has 17 heavy (non-hydrogen) atoms. The van der Waals surface area contributed by atoms with Gasteiger partial charge < -0.3 is 15.2 Å². The molecule has 0 fully saturated rings. The van der Waals surface area contributed by atoms with Gasteiger partial charge in [0.1, 0.15) is 5.75 Å². The smallest absolute Gasteiger partial charge is 0.219 e. The Kier molecular flexibility index (Phi) is 5.49. The van der Waals surface area contributed by atoms with E-state index in [9.17, 15) is 4.79 Å². The molecule has 0 spiro atoms. The van der Waals surface area contributed by atoms with E-state index in [0.717, 1.165) is 16.9 Å². The van der Waals surface area contributed by atoms with Crippen LogP contribution in [0.4, 0.5) is 0 Å². The van der Waals surface area contributed by atoms with E-state index in [1.807, 2.05) is 25.1 Å². The second kappa shape index (κ2) is 6.91. The summed E-state index contributed by atoms with van der Waals surface area (Å²) in [5.74, 6) is 0.764. The molecular formula is C13H19NO3. The van der Waals surface area contributed by atoms with E-state index in [2.05, 4.69) is 5.32 Å². The Morgan fingerprint density at radius 2 is 2.18 bits per heavy atom. The number of aliphatic hydroxyl groups is 1. The molecule has 0 saturated carbocycles. The third kappa shape index (κ3) is 4.87. The van der Waals surface area contributed by atoms with Crippen molar-refractivity contribution in [3.63, 3.8) is 0 Å². The molecular weight excluding hydrogens is 218 g/mol. The standard InChI is InChI=1S/C13H19NO3/c1-10-6-11(9-15)8-12(7-10)17-5-3-4-13(16)14-2/h6-8,15H,3-5,9H2,1-2H3,(H,14,16). The number of hydrogen-bond donors (Lipinski definition) is 2. The first-order valence-electron chi connectivity index (χ1n) is 5.70. The summed E-state index contributed by atoms with van der Waals surface area (Å²) in [5.41, 5.74) is 1.89. The Morgan fingerprint density at radius 1 is 1.41 bits per heavy atom. The van der Waals surface area contributed by atoms with Gasteiger partial charge in [0.2, 0.25) is 5.91 Å². The minimum Gasteiger partial charge on any atom is -0.494 e. The van der Waals surface area contributed by atoms with E-state index in [1.165, 1.54) is 0 Å². The molecule has 94 valence electrons. The molecule has 4 nitrogen and oxygen atoms in total. The van der Waals surface area contributed by atoms with Crippen LogP contribution in [0.3, 0.4) is 0 Å². The van der Waals surface area contributed by atoms with Crippen molar-refractivity contribution in [2.75, 3.05) is 13.7 Å². The van der Waals surface area contributed by atoms with E-state index in [0.29, 0.717) is 19.4 Å². The number of benzene rings is 1. The van der Waals surface area contributed by atoms with Gasteiger partial charge in [0, 0.05) is 13.5 Å². The number of aliphatic hydroxyl groups excluding tert-OH is 1. The number of amides is 1. The topological polar surface area (TPSA) is 58.6 Å². The van der Waals surface area contributed by atoms with Crippen LogP contribution in [0.25, 0.3) is 0 Å². The number of rotatable bonds is 6. The molecule has 0 aliphatic carbocycles. The first kappa shape index (κ1) is 13.5. The largest absolute Gasteiger partial charge is 0.494 e. The van der Waals surface area contributed by atoms with E-state index >= 15 is 0 Å². The Balaban J connectivity index is 2.41. The van der Waals surface area contributed by atoms with Crippen molar-refractivity contribution in [1.29, 1.82) is 0 Å². The third-order valence-corrected chi connectivity index (χ3v) is 2.39. The normalized spacial score (nSPS) is 10.1. The van der Waals surface area contributed by atoms with Gasteiger partial charge in [0.25, 0.3) is 0 Å². The van der Waals surface area contributed by atoms with Crippen molar-refractivity contribution >= 4 is 5.91 Å². The number of carbonyl (C=O) groups excluding carboxylic acids is 1. The monoisotopic (exact) mass is 237 g/mol. The molecule has 0 heterocycles. The van der Waals surface area contributed by atoms with E-state index in [4.69, 9.17) is 9.84 Å². The highest BCUT2D eigenvalue weighted by atomic mass is 16.5. The molecule has 2 N–H and O–H groups in total. The van der Waals surface area contributed by atoms with Gasteiger partial charge in [-0.05, 0) is 36.6 Å². The molecule has 4 heteroatoms. The Labute approximate surface area is 102 Å². The van der Waals surface area contributed by atoms with Crippen LogP contribution in [-0.2, 0) is 11.4 Å². The second-order valence-electron chi connectivity index (χ2n) is 3.94. The Hall–Kier alpha value is -1.55. The van der Waals surface area contributed by atoms with Gasteiger partial charge in [-0.25, -0.2) is 0 Å². The molecule has 0 atom stereocenters. The predicted molar refractivity (Wildman–Crippen MR) is 65.9 cm³/mol. The first-order valence-corrected chi connectivity index (χ1v) is 5.70. The molecule has 0 aliphatic heterocycles. The summed E-state index contributed by atoms with van der Waals surface area (Å²) in [6, 6.07) is 5.64. The molecule has 0 radical (unpaired) electrons. The van der Waals surface area contributed by atoms with Gasteiger partial charge in [0.05, 0.1) is 13.2 Å². The van der Waals surface area contributed by atoms with E-state index in [1.54, 1.807) is 7.05 Å². The highest BCUT2D eigenvalue weighted by Gasteiger charge is 2.01. The van der Waals surface area contributed by atoms with Crippen molar-refractivity contribution < 1.29 is 14.6 Å². The molecule has 1 aromatic carbocycles. The summed E-state index contributed by atoms with van der Waals surface area (Å²) in [6.07, 6.45) is 1.15. The van der Waals surface area contributed by atoms with Crippen LogP contribution < -0.4 is 10.1 Å². The fourth-order valence-corrected chi connectivity index (χ4v) is 1.55. The zero-order chi connectivity index (χ0) is 12.7. The Bertz CT molecular complexity index is 377. The van der Waals surface area contributed by atoms with Gasteiger partial charge >= 0.3 is 0 Å². The number of aryl methyl sites for hydroxylation is 1. The SMILES string of the molecule is CNC(=O)CCCOc1cc(C)cc(CO)c1. The zero-order valence-electron chi connectivity index (χ0n) is 10.3. The second-order valence-corrected chi connectivity index (χ2v) is 3.94. The highest BCUT2D eigenvalue weighted by Crippen LogP contribution is 2.17. The third-order valence-electron chi connectivity index (χ3n) is 2.39. The summed E-state index contributed by atoms with van der Waals surface area (Å²) < 4.78 is 5.53. The molecule has 0 bridgehead atoms. The van der Waals surface area contributed by atoms with Crippen LogP contribution in [0.15, 0.2) is 18.2 Å². The molecule has 0 saturated heterocycles. The number of ether oxygens (including phenoxy) is 1. The first-order chi connectivity index (χ1) is 8.15. The average molecular weight is 237 g/mol. The number of nitrogens with one attached hydrogen (secondary N) is 1. The zero-order valence-corrected chi connectivity index (χ0v) is 10.3. The van der Waals surface area contributed by atoms with Gasteiger partial charge in [-0.2, -0.15) is 0 Å². The van der Waals surface area contributed by atoms with Gasteiger partial charge in [0.15, 0.2) is 0 Å². The molecule has 1 aromatic rings. The predicted octanol–water partition coefficient (Wildman–Crippen LogP) is 1.39. The molecule has 1 rings (SSSR count). The highest BCUT2D eigenvalue weighted by molar-refractivity contribution is 5.75. The lowest BCUT2D eigenvalue weighted by Gasteiger charge is -2.08. The van der Waals surface area contributed by atoms with Crippen molar-refractivity contribution in [3.05, 3.63) is 29.3 Å². The Morgan fingerprint density at radius 3 is 2.82 bits per heavy atom. The summed E-state index contributed by atoms with van der Waals surface area (Å²) in [7, 11) is 1.62. The molecule has 1 amide bonds. The van der Waals surface area contributed by atoms with Crippen molar-refractivity contribution in [3.8, 4) is 5.75 Å². The van der Waals surface area contributed by atoms with Gasteiger partial charge in [-0.15, -0.1) is 0 Å². The van der Waals surface area contributed by atoms with Crippen molar-refractivity contribution in [2.45, 2.75) is 26.4 Å². The summed E-state index contributed by atoms with van der Waals surface area (Å²) >= 11 is 0. The van der Waals surface area contributed by atoms with Crippen LogP contribution in [0.1, 0.15) is 24.0 Å². The number of carbonyl (C=O) groups is 1. The minimum absolute atomic E-state index is 0.0102. The number of hydrogen-bond acceptors (Lipinski definition) is 3. The van der Waals surface area contributed by atoms with Crippen molar-refractivity contribution in [2.24, 2.45) is 0 Å². The summed E-state index contributed by atoms with van der Waals surface area (Å²) in [4.78, 5) is 11.0. The van der Waals surface area contributed by atoms with E-state index < -0.39 is 0 Å². The van der Waals surface area contributed by atoms with Crippen molar-refractivity contribution in [1.82, 2.24) is 5.32 Å². The fraction of sp³-hybridized carbons (Fsp3) is 0.462. The minimum atomic E-state index is 0.0102. The maximum absolute atomic E-state index is 11.0. The van der Waals surface area contributed by atoms with E-state index in [-0.39, 0.29) is 12.5 Å². The maximum Gasteiger partial charge on any atom is 0.219 e. The average Bonchev–Trinajstić information content (AvgIpc) is 2.33. The van der Waals surface area contributed by atoms with Crippen LogP contribution >= 0.6 is 0 Å². The summed E-state index contributed by atoms with van der Waals surface area (Å²) in [5, 5.41) is 11.6. The maximum atomic E-state index is 11.0. The lowest BCUT2D eigenvalue weighted by Crippen LogP contribution is -2.18. The van der Waals surface area contributed by atoms with Gasteiger partial charge in [-0.1, -0.05) is 6.07 Å². The lowest BCUT2D eigenvalue weighted by atomic mass is 10.1. The van der Waals surface area contributed by atoms with Crippen LogP contribution in [0.2, 0.25) is 0 Å². The molecule has 0 aromatic heterocycles. The molecule has 0 unspecified atom stereocenters.